The van der Waals surface area contributed by atoms with E-state index in [9.17, 15) is 27.5 Å². The Kier molecular flexibility index (Phi) is 7.83. The van der Waals surface area contributed by atoms with Gasteiger partial charge in [-0.2, -0.15) is 13.2 Å². The molecule has 0 saturated heterocycles. The Morgan fingerprint density at radius 1 is 1.08 bits per heavy atom. The van der Waals surface area contributed by atoms with E-state index < -0.39 is 41.2 Å². The molecule has 0 aliphatic heterocycles. The number of aliphatic hydroxyl groups is 1. The second-order valence-corrected chi connectivity index (χ2v) is 8.37. The number of nitrogens with one attached hydrogen (secondary N) is 1. The van der Waals surface area contributed by atoms with Gasteiger partial charge in [0.15, 0.2) is 5.75 Å². The third kappa shape index (κ3) is 6.28. The SMILES string of the molecule is CCOc1cc(-c2ccc(CC(=O)Nc3cnc(C(C)(C)O)c(C(F)(F)F)c3)c(F)c2)cnc1OC. The molecule has 2 heterocycles. The van der Waals surface area contributed by atoms with Crippen LogP contribution in [-0.4, -0.2) is 34.7 Å². The standard InChI is InChI=1S/C25H25F4N3O4/c1-5-36-20-9-16(12-31-23(20)35-4)14-6-7-15(19(26)8-14)10-21(33)32-17-11-18(25(27,28)29)22(30-13-17)24(2,3)34/h6-9,11-13,34H,5,10H2,1-4H3,(H,32,33). The third-order valence-electron chi connectivity index (χ3n) is 5.11. The molecule has 192 valence electrons. The second kappa shape index (κ2) is 10.5. The van der Waals surface area contributed by atoms with E-state index >= 15 is 0 Å². The molecule has 11 heteroatoms. The summed E-state index contributed by atoms with van der Waals surface area (Å²) in [5.74, 6) is -0.739. The number of aromatic nitrogens is 2. The molecule has 0 saturated carbocycles. The maximum atomic E-state index is 14.8. The minimum absolute atomic E-state index is 0.0415. The summed E-state index contributed by atoms with van der Waals surface area (Å²) < 4.78 is 65.8. The van der Waals surface area contributed by atoms with E-state index in [1.54, 1.807) is 19.1 Å². The Labute approximate surface area is 205 Å². The monoisotopic (exact) mass is 507 g/mol. The van der Waals surface area contributed by atoms with Crippen LogP contribution in [0.5, 0.6) is 11.6 Å². The Balaban J connectivity index is 1.79. The molecule has 0 atom stereocenters. The smallest absolute Gasteiger partial charge is 0.418 e. The topological polar surface area (TPSA) is 93.6 Å². The first-order valence-corrected chi connectivity index (χ1v) is 10.9. The number of hydrogen-bond donors (Lipinski definition) is 2. The number of benzene rings is 1. The average Bonchev–Trinajstić information content (AvgIpc) is 2.79. The van der Waals surface area contributed by atoms with Crippen molar-refractivity contribution in [3.63, 3.8) is 0 Å². The van der Waals surface area contributed by atoms with Crippen LogP contribution in [0.3, 0.4) is 0 Å². The number of hydrogen-bond acceptors (Lipinski definition) is 6. The van der Waals surface area contributed by atoms with Crippen LogP contribution < -0.4 is 14.8 Å². The van der Waals surface area contributed by atoms with Crippen molar-refractivity contribution in [1.29, 1.82) is 0 Å². The number of halogens is 4. The highest BCUT2D eigenvalue weighted by Crippen LogP contribution is 2.37. The molecule has 1 amide bonds. The van der Waals surface area contributed by atoms with Crippen molar-refractivity contribution >= 4 is 11.6 Å². The molecule has 36 heavy (non-hydrogen) atoms. The molecular formula is C25H25F4N3O4. The largest absolute Gasteiger partial charge is 0.488 e. The molecule has 0 radical (unpaired) electrons. The molecule has 3 rings (SSSR count). The van der Waals surface area contributed by atoms with Gasteiger partial charge < -0.3 is 19.9 Å². The van der Waals surface area contributed by atoms with Gasteiger partial charge in [0.2, 0.25) is 5.91 Å². The van der Waals surface area contributed by atoms with Crippen LogP contribution in [0.2, 0.25) is 0 Å². The molecule has 0 aliphatic carbocycles. The van der Waals surface area contributed by atoms with Gasteiger partial charge in [-0.05, 0) is 50.1 Å². The molecule has 0 bridgehead atoms. The molecule has 7 nitrogen and oxygen atoms in total. The van der Waals surface area contributed by atoms with E-state index in [0.717, 1.165) is 6.20 Å². The maximum absolute atomic E-state index is 14.8. The lowest BCUT2D eigenvalue weighted by atomic mass is 9.98. The Bertz CT molecular complexity index is 1260. The van der Waals surface area contributed by atoms with Gasteiger partial charge in [0.25, 0.3) is 5.88 Å². The first kappa shape index (κ1) is 26.9. The molecule has 0 unspecified atom stereocenters. The Hall–Kier alpha value is -3.73. The second-order valence-electron chi connectivity index (χ2n) is 8.37. The predicted octanol–water partition coefficient (Wildman–Crippen LogP) is 5.12. The van der Waals surface area contributed by atoms with Crippen LogP contribution in [0, 0.1) is 5.82 Å². The fourth-order valence-corrected chi connectivity index (χ4v) is 3.49. The number of pyridine rings is 2. The van der Waals surface area contributed by atoms with Crippen molar-refractivity contribution in [2.75, 3.05) is 19.0 Å². The number of methoxy groups -OCH3 is 1. The number of rotatable bonds is 8. The van der Waals surface area contributed by atoms with Gasteiger partial charge in [0.1, 0.15) is 11.4 Å². The lowest BCUT2D eigenvalue weighted by molar-refractivity contribution is -0.140. The van der Waals surface area contributed by atoms with E-state index in [0.29, 0.717) is 29.5 Å². The van der Waals surface area contributed by atoms with Crippen molar-refractivity contribution in [3.05, 3.63) is 65.4 Å². The molecule has 0 fully saturated rings. The number of alkyl halides is 3. The van der Waals surface area contributed by atoms with Crippen molar-refractivity contribution in [1.82, 2.24) is 9.97 Å². The summed E-state index contributed by atoms with van der Waals surface area (Å²) in [4.78, 5) is 20.3. The fraction of sp³-hybridized carbons (Fsp3) is 0.320. The third-order valence-corrected chi connectivity index (χ3v) is 5.11. The van der Waals surface area contributed by atoms with E-state index in [1.807, 2.05) is 0 Å². The molecular weight excluding hydrogens is 482 g/mol. The zero-order valence-electron chi connectivity index (χ0n) is 20.0. The van der Waals surface area contributed by atoms with Crippen LogP contribution in [0.4, 0.5) is 23.2 Å². The Morgan fingerprint density at radius 3 is 2.39 bits per heavy atom. The van der Waals surface area contributed by atoms with E-state index in [1.165, 1.54) is 39.3 Å². The maximum Gasteiger partial charge on any atom is 0.418 e. The number of carbonyl (C=O) groups is 1. The highest BCUT2D eigenvalue weighted by atomic mass is 19.4. The van der Waals surface area contributed by atoms with E-state index in [4.69, 9.17) is 9.47 Å². The van der Waals surface area contributed by atoms with Crippen LogP contribution in [-0.2, 0) is 23.0 Å². The normalized spacial score (nSPS) is 11.8. The highest BCUT2D eigenvalue weighted by Gasteiger charge is 2.38. The predicted molar refractivity (Wildman–Crippen MR) is 124 cm³/mol. The van der Waals surface area contributed by atoms with Gasteiger partial charge in [-0.1, -0.05) is 12.1 Å². The number of anilines is 1. The van der Waals surface area contributed by atoms with Gasteiger partial charge in [0.05, 0.1) is 43.3 Å². The fourth-order valence-electron chi connectivity index (χ4n) is 3.49. The van der Waals surface area contributed by atoms with Crippen LogP contribution >= 0.6 is 0 Å². The van der Waals surface area contributed by atoms with Crippen LogP contribution in [0.1, 0.15) is 37.6 Å². The summed E-state index contributed by atoms with van der Waals surface area (Å²) in [7, 11) is 1.45. The minimum atomic E-state index is -4.80. The summed E-state index contributed by atoms with van der Waals surface area (Å²) in [5.41, 5.74) is -2.75. The van der Waals surface area contributed by atoms with Crippen molar-refractivity contribution in [3.8, 4) is 22.8 Å². The molecule has 2 N–H and O–H groups in total. The van der Waals surface area contributed by atoms with Crippen LogP contribution in [0.25, 0.3) is 11.1 Å². The molecule has 1 aromatic carbocycles. The van der Waals surface area contributed by atoms with E-state index in [-0.39, 0.29) is 17.1 Å². The van der Waals surface area contributed by atoms with Gasteiger partial charge in [-0.25, -0.2) is 9.37 Å². The number of amides is 1. The Morgan fingerprint density at radius 2 is 1.81 bits per heavy atom. The van der Waals surface area contributed by atoms with Crippen molar-refractivity contribution < 1.29 is 36.9 Å². The van der Waals surface area contributed by atoms with Gasteiger partial charge in [0, 0.05) is 11.8 Å². The summed E-state index contributed by atoms with van der Waals surface area (Å²) in [6, 6.07) is 6.56. The summed E-state index contributed by atoms with van der Waals surface area (Å²) in [6.07, 6.45) is -2.73. The van der Waals surface area contributed by atoms with Gasteiger partial charge >= 0.3 is 6.18 Å². The quantitative estimate of drug-likeness (QED) is 0.412. The molecule has 0 spiro atoms. The first-order chi connectivity index (χ1) is 16.8. The van der Waals surface area contributed by atoms with Crippen molar-refractivity contribution in [2.24, 2.45) is 0 Å². The number of ether oxygens (including phenoxy) is 2. The minimum Gasteiger partial charge on any atom is -0.488 e. The molecule has 0 aliphatic rings. The van der Waals surface area contributed by atoms with E-state index in [2.05, 4.69) is 15.3 Å². The number of carbonyl (C=O) groups excluding carboxylic acids is 1. The van der Waals surface area contributed by atoms with Crippen LogP contribution in [0.15, 0.2) is 42.7 Å². The van der Waals surface area contributed by atoms with Gasteiger partial charge in [-0.3, -0.25) is 9.78 Å². The average molecular weight is 507 g/mol. The summed E-state index contributed by atoms with van der Waals surface area (Å²) in [5, 5.41) is 12.3. The zero-order valence-corrected chi connectivity index (χ0v) is 20.0. The summed E-state index contributed by atoms with van der Waals surface area (Å²) >= 11 is 0. The molecule has 2 aromatic heterocycles. The lowest BCUT2D eigenvalue weighted by Crippen LogP contribution is -2.25. The lowest BCUT2D eigenvalue weighted by Gasteiger charge is -2.22. The van der Waals surface area contributed by atoms with Crippen molar-refractivity contribution in [2.45, 2.75) is 39.0 Å². The summed E-state index contributed by atoms with van der Waals surface area (Å²) in [6.45, 7) is 4.53. The zero-order chi connectivity index (χ0) is 26.7. The van der Waals surface area contributed by atoms with Gasteiger partial charge in [-0.15, -0.1) is 0 Å². The molecule has 3 aromatic rings. The highest BCUT2D eigenvalue weighted by molar-refractivity contribution is 5.92. The number of nitrogens with zero attached hydrogens (tertiary/aromatic N) is 2. The first-order valence-electron chi connectivity index (χ1n) is 10.9.